The average molecular weight is 273 g/mol. The van der Waals surface area contributed by atoms with Crippen molar-refractivity contribution in [3.05, 3.63) is 48.3 Å². The predicted octanol–water partition coefficient (Wildman–Crippen LogP) is 0.157. The number of nitrogens with two attached hydrogens (primary N) is 1. The van der Waals surface area contributed by atoms with Crippen LogP contribution in [0.25, 0.3) is 5.69 Å². The molecule has 0 aliphatic carbocycles. The molecule has 0 bridgehead atoms. The zero-order valence-corrected chi connectivity index (χ0v) is 10.7. The first-order chi connectivity index (χ1) is 9.66. The third-order valence-corrected chi connectivity index (χ3v) is 2.61. The fourth-order valence-electron chi connectivity index (χ4n) is 1.79. The largest absolute Gasteiger partial charge is 0.351 e. The number of amides is 3. The summed E-state index contributed by atoms with van der Waals surface area (Å²) >= 11 is 0. The summed E-state index contributed by atoms with van der Waals surface area (Å²) in [4.78, 5) is 21.8. The van der Waals surface area contributed by atoms with Crippen molar-refractivity contribution in [2.45, 2.75) is 6.54 Å². The van der Waals surface area contributed by atoms with Crippen molar-refractivity contribution >= 4 is 11.9 Å². The zero-order valence-electron chi connectivity index (χ0n) is 10.7. The van der Waals surface area contributed by atoms with Crippen LogP contribution in [0.4, 0.5) is 4.79 Å². The number of primary amides is 1. The first-order valence-corrected chi connectivity index (χ1v) is 6.05. The standard InChI is InChI=1S/C13H15N5O2/c14-13(20)17-12(19)9-15-8-10-4-1-2-5-11(10)18-7-3-6-16-18/h1-7,15H,8-9H2,(H3,14,17,19,20). The number of rotatable bonds is 5. The van der Waals surface area contributed by atoms with Gasteiger partial charge in [-0.2, -0.15) is 5.10 Å². The highest BCUT2D eigenvalue weighted by atomic mass is 16.2. The highest BCUT2D eigenvalue weighted by Crippen LogP contribution is 2.12. The maximum absolute atomic E-state index is 11.3. The number of carbonyl (C=O) groups is 2. The average Bonchev–Trinajstić information content (AvgIpc) is 2.92. The molecule has 2 aromatic rings. The van der Waals surface area contributed by atoms with Gasteiger partial charge in [-0.1, -0.05) is 18.2 Å². The van der Waals surface area contributed by atoms with Crippen molar-refractivity contribution in [1.29, 1.82) is 0 Å². The Morgan fingerprint density at radius 1 is 1.25 bits per heavy atom. The minimum atomic E-state index is -0.853. The summed E-state index contributed by atoms with van der Waals surface area (Å²) in [6.07, 6.45) is 3.54. The van der Waals surface area contributed by atoms with Crippen molar-refractivity contribution in [2.75, 3.05) is 6.54 Å². The van der Waals surface area contributed by atoms with E-state index in [1.54, 1.807) is 10.9 Å². The molecule has 0 aliphatic rings. The number of nitrogens with one attached hydrogen (secondary N) is 2. The lowest BCUT2D eigenvalue weighted by Crippen LogP contribution is -2.40. The van der Waals surface area contributed by atoms with Gasteiger partial charge in [-0.05, 0) is 17.7 Å². The minimum Gasteiger partial charge on any atom is -0.351 e. The summed E-state index contributed by atoms with van der Waals surface area (Å²) in [5, 5.41) is 9.12. The van der Waals surface area contributed by atoms with Crippen LogP contribution < -0.4 is 16.4 Å². The number of imide groups is 1. The summed E-state index contributed by atoms with van der Waals surface area (Å²) < 4.78 is 1.75. The number of hydrogen-bond donors (Lipinski definition) is 3. The molecule has 1 heterocycles. The molecule has 0 atom stereocenters. The van der Waals surface area contributed by atoms with Gasteiger partial charge in [0.2, 0.25) is 5.91 Å². The molecule has 2 rings (SSSR count). The third-order valence-electron chi connectivity index (χ3n) is 2.61. The van der Waals surface area contributed by atoms with Crippen molar-refractivity contribution in [3.63, 3.8) is 0 Å². The Morgan fingerprint density at radius 2 is 2.05 bits per heavy atom. The second-order valence-corrected chi connectivity index (χ2v) is 4.10. The molecule has 0 spiro atoms. The van der Waals surface area contributed by atoms with E-state index in [2.05, 4.69) is 10.4 Å². The summed E-state index contributed by atoms with van der Waals surface area (Å²) in [7, 11) is 0. The van der Waals surface area contributed by atoms with E-state index in [0.29, 0.717) is 6.54 Å². The summed E-state index contributed by atoms with van der Waals surface area (Å²) in [5.74, 6) is -0.464. The van der Waals surface area contributed by atoms with E-state index >= 15 is 0 Å². The van der Waals surface area contributed by atoms with E-state index < -0.39 is 11.9 Å². The SMILES string of the molecule is NC(=O)NC(=O)CNCc1ccccc1-n1cccn1. The van der Waals surface area contributed by atoms with Crippen molar-refractivity contribution in [3.8, 4) is 5.69 Å². The monoisotopic (exact) mass is 273 g/mol. The summed E-state index contributed by atoms with van der Waals surface area (Å²) in [6, 6.07) is 8.69. The van der Waals surface area contributed by atoms with Gasteiger partial charge < -0.3 is 11.1 Å². The Morgan fingerprint density at radius 3 is 2.75 bits per heavy atom. The second kappa shape index (κ2) is 6.48. The normalized spacial score (nSPS) is 10.2. The number of aromatic nitrogens is 2. The molecule has 7 nitrogen and oxygen atoms in total. The number of para-hydroxylation sites is 1. The van der Waals surface area contributed by atoms with Crippen LogP contribution in [0, 0.1) is 0 Å². The number of benzene rings is 1. The molecule has 0 saturated carbocycles. The Kier molecular flexibility index (Phi) is 4.46. The van der Waals surface area contributed by atoms with E-state index in [1.807, 2.05) is 41.8 Å². The van der Waals surface area contributed by atoms with E-state index in [-0.39, 0.29) is 6.54 Å². The molecular formula is C13H15N5O2. The first-order valence-electron chi connectivity index (χ1n) is 6.05. The van der Waals surface area contributed by atoms with Gasteiger partial charge >= 0.3 is 6.03 Å². The topological polar surface area (TPSA) is 102 Å². The molecule has 0 fully saturated rings. The fraction of sp³-hybridized carbons (Fsp3) is 0.154. The number of hydrogen-bond acceptors (Lipinski definition) is 4. The maximum atomic E-state index is 11.3. The van der Waals surface area contributed by atoms with Crippen LogP contribution >= 0.6 is 0 Å². The number of nitrogens with zero attached hydrogens (tertiary/aromatic N) is 2. The molecule has 104 valence electrons. The molecular weight excluding hydrogens is 258 g/mol. The Bertz CT molecular complexity index is 595. The van der Waals surface area contributed by atoms with E-state index in [9.17, 15) is 9.59 Å². The molecule has 3 amide bonds. The highest BCUT2D eigenvalue weighted by Gasteiger charge is 2.06. The van der Waals surface area contributed by atoms with Gasteiger partial charge in [-0.3, -0.25) is 10.1 Å². The first kappa shape index (κ1) is 13.8. The van der Waals surface area contributed by atoms with Gasteiger partial charge in [0.15, 0.2) is 0 Å². The lowest BCUT2D eigenvalue weighted by molar-refractivity contribution is -0.119. The second-order valence-electron chi connectivity index (χ2n) is 4.10. The molecule has 4 N–H and O–H groups in total. The summed E-state index contributed by atoms with van der Waals surface area (Å²) in [6.45, 7) is 0.485. The van der Waals surface area contributed by atoms with Crippen LogP contribution in [0.2, 0.25) is 0 Å². The van der Waals surface area contributed by atoms with Crippen molar-refractivity contribution in [2.24, 2.45) is 5.73 Å². The third kappa shape index (κ3) is 3.66. The fourth-order valence-corrected chi connectivity index (χ4v) is 1.79. The number of carbonyl (C=O) groups excluding carboxylic acids is 2. The maximum Gasteiger partial charge on any atom is 0.318 e. The molecule has 7 heteroatoms. The molecule has 1 aromatic carbocycles. The quantitative estimate of drug-likeness (QED) is 0.722. The van der Waals surface area contributed by atoms with Gasteiger partial charge in [0.05, 0.1) is 12.2 Å². The van der Waals surface area contributed by atoms with Crippen LogP contribution in [0.3, 0.4) is 0 Å². The highest BCUT2D eigenvalue weighted by molar-refractivity contribution is 5.94. The zero-order chi connectivity index (χ0) is 14.4. The molecule has 20 heavy (non-hydrogen) atoms. The van der Waals surface area contributed by atoms with E-state index in [4.69, 9.17) is 5.73 Å². The molecule has 1 aromatic heterocycles. The van der Waals surface area contributed by atoms with Crippen molar-refractivity contribution < 1.29 is 9.59 Å². The smallest absolute Gasteiger partial charge is 0.318 e. The minimum absolute atomic E-state index is 0.0103. The lowest BCUT2D eigenvalue weighted by Gasteiger charge is -2.10. The molecule has 0 unspecified atom stereocenters. The lowest BCUT2D eigenvalue weighted by atomic mass is 10.2. The molecule has 0 aliphatic heterocycles. The molecule has 0 saturated heterocycles. The van der Waals surface area contributed by atoms with Gasteiger partial charge in [-0.25, -0.2) is 9.48 Å². The Hall–Kier alpha value is -2.67. The van der Waals surface area contributed by atoms with Crippen molar-refractivity contribution in [1.82, 2.24) is 20.4 Å². The van der Waals surface area contributed by atoms with Gasteiger partial charge in [-0.15, -0.1) is 0 Å². The van der Waals surface area contributed by atoms with Crippen LogP contribution in [0.1, 0.15) is 5.56 Å². The van der Waals surface area contributed by atoms with Crippen LogP contribution in [0.15, 0.2) is 42.7 Å². The van der Waals surface area contributed by atoms with E-state index in [0.717, 1.165) is 11.3 Å². The van der Waals surface area contributed by atoms with Crippen LogP contribution in [0.5, 0.6) is 0 Å². The van der Waals surface area contributed by atoms with Crippen LogP contribution in [-0.2, 0) is 11.3 Å². The van der Waals surface area contributed by atoms with Crippen LogP contribution in [-0.4, -0.2) is 28.3 Å². The summed E-state index contributed by atoms with van der Waals surface area (Å²) in [5.41, 5.74) is 6.77. The Labute approximate surface area is 115 Å². The van der Waals surface area contributed by atoms with E-state index in [1.165, 1.54) is 0 Å². The predicted molar refractivity (Wildman–Crippen MR) is 73.0 cm³/mol. The van der Waals surface area contributed by atoms with Gasteiger partial charge in [0.25, 0.3) is 0 Å². The Balaban J connectivity index is 1.97. The molecule has 0 radical (unpaired) electrons. The van der Waals surface area contributed by atoms with Gasteiger partial charge in [0.1, 0.15) is 0 Å². The van der Waals surface area contributed by atoms with Gasteiger partial charge in [0, 0.05) is 18.9 Å². The number of urea groups is 1.